The van der Waals surface area contributed by atoms with Crippen LogP contribution in [0.1, 0.15) is 5.76 Å². The minimum absolute atomic E-state index is 0.0756. The summed E-state index contributed by atoms with van der Waals surface area (Å²) < 4.78 is 51.1. The van der Waals surface area contributed by atoms with Gasteiger partial charge in [-0.2, -0.15) is 0 Å². The molecule has 1 saturated heterocycles. The molecule has 1 aromatic heterocycles. The molecular formula is C23H14F3N3O7S. The number of methoxy groups -OCH3 is 1. The van der Waals surface area contributed by atoms with Crippen molar-refractivity contribution in [3.63, 3.8) is 0 Å². The molecule has 190 valence electrons. The average molecular weight is 533 g/mol. The predicted octanol–water partition coefficient (Wildman–Crippen LogP) is 4.96. The molecule has 1 aliphatic rings. The van der Waals surface area contributed by atoms with Crippen LogP contribution in [0, 0.1) is 27.6 Å². The number of imide groups is 1. The van der Waals surface area contributed by atoms with Crippen LogP contribution in [0.5, 0.6) is 5.75 Å². The standard InChI is InChI=1S/C23H14F3N3O7S/c1-35-17-8-11(29(33)34)2-4-13(17)16-7-3-12(36-16)9-18-22(31)28(23(32)37-18)10-19(30)27-15-6-5-14(24)20(25)21(15)26/h2-9H,10H2,1H3,(H,27,30)/b18-9+. The van der Waals surface area contributed by atoms with Crippen LogP contribution in [0.2, 0.25) is 0 Å². The Morgan fingerprint density at radius 3 is 2.62 bits per heavy atom. The highest BCUT2D eigenvalue weighted by Gasteiger charge is 2.36. The highest BCUT2D eigenvalue weighted by atomic mass is 32.2. The van der Waals surface area contributed by atoms with Crippen molar-refractivity contribution in [1.29, 1.82) is 0 Å². The number of carbonyl (C=O) groups is 3. The van der Waals surface area contributed by atoms with Gasteiger partial charge in [-0.1, -0.05) is 0 Å². The molecule has 2 aromatic carbocycles. The van der Waals surface area contributed by atoms with E-state index in [2.05, 4.69) is 0 Å². The number of benzene rings is 2. The van der Waals surface area contributed by atoms with E-state index in [0.29, 0.717) is 28.3 Å². The molecule has 0 radical (unpaired) electrons. The second-order valence-corrected chi connectivity index (χ2v) is 8.38. The van der Waals surface area contributed by atoms with E-state index in [1.165, 1.54) is 43.5 Å². The minimum atomic E-state index is -1.78. The highest BCUT2D eigenvalue weighted by Crippen LogP contribution is 2.36. The van der Waals surface area contributed by atoms with E-state index in [4.69, 9.17) is 9.15 Å². The van der Waals surface area contributed by atoms with Gasteiger partial charge in [0.25, 0.3) is 16.8 Å². The maximum atomic E-state index is 13.8. The number of furan rings is 1. The van der Waals surface area contributed by atoms with Crippen molar-refractivity contribution in [2.45, 2.75) is 0 Å². The van der Waals surface area contributed by atoms with Crippen LogP contribution in [0.3, 0.4) is 0 Å². The van der Waals surface area contributed by atoms with Gasteiger partial charge in [-0.3, -0.25) is 29.4 Å². The van der Waals surface area contributed by atoms with Gasteiger partial charge in [0.2, 0.25) is 5.91 Å². The number of thioether (sulfide) groups is 1. The fourth-order valence-corrected chi connectivity index (χ4v) is 4.11. The number of nitrogens with one attached hydrogen (secondary N) is 1. The van der Waals surface area contributed by atoms with Gasteiger partial charge in [-0.05, 0) is 42.1 Å². The monoisotopic (exact) mass is 533 g/mol. The van der Waals surface area contributed by atoms with Crippen LogP contribution >= 0.6 is 11.8 Å². The summed E-state index contributed by atoms with van der Waals surface area (Å²) in [5.74, 6) is -6.09. The van der Waals surface area contributed by atoms with E-state index >= 15 is 0 Å². The smallest absolute Gasteiger partial charge is 0.294 e. The summed E-state index contributed by atoms with van der Waals surface area (Å²) in [4.78, 5) is 48.1. The van der Waals surface area contributed by atoms with Gasteiger partial charge in [0.05, 0.1) is 34.3 Å². The molecule has 0 atom stereocenters. The zero-order valence-electron chi connectivity index (χ0n) is 18.6. The predicted molar refractivity (Wildman–Crippen MR) is 125 cm³/mol. The Balaban J connectivity index is 1.49. The molecule has 1 aliphatic heterocycles. The van der Waals surface area contributed by atoms with Crippen molar-refractivity contribution in [3.8, 4) is 17.1 Å². The third kappa shape index (κ3) is 5.18. The van der Waals surface area contributed by atoms with E-state index < -0.39 is 51.7 Å². The molecule has 0 aliphatic carbocycles. The lowest BCUT2D eigenvalue weighted by atomic mass is 10.1. The fraction of sp³-hybridized carbons (Fsp3) is 0.0870. The van der Waals surface area contributed by atoms with Crippen LogP contribution in [0.4, 0.5) is 29.3 Å². The van der Waals surface area contributed by atoms with Gasteiger partial charge in [0, 0.05) is 12.1 Å². The number of nitro benzene ring substituents is 1. The Hall–Kier alpha value is -4.59. The first kappa shape index (κ1) is 25.5. The summed E-state index contributed by atoms with van der Waals surface area (Å²) in [7, 11) is 1.33. The van der Waals surface area contributed by atoms with Crippen LogP contribution < -0.4 is 10.1 Å². The summed E-state index contributed by atoms with van der Waals surface area (Å²) in [5.41, 5.74) is -0.435. The minimum Gasteiger partial charge on any atom is -0.496 e. The number of non-ortho nitro benzene ring substituents is 1. The SMILES string of the molecule is COc1cc([N+](=O)[O-])ccc1-c1ccc(/C=C2/SC(=O)N(CC(=O)Nc3ccc(F)c(F)c3F)C2=O)o1. The number of hydrogen-bond acceptors (Lipinski definition) is 8. The zero-order valence-corrected chi connectivity index (χ0v) is 19.4. The van der Waals surface area contributed by atoms with E-state index in [9.17, 15) is 37.7 Å². The van der Waals surface area contributed by atoms with Crippen molar-refractivity contribution >= 4 is 46.3 Å². The lowest BCUT2D eigenvalue weighted by Crippen LogP contribution is -2.36. The molecule has 2 heterocycles. The Kier molecular flexibility index (Phi) is 7.02. The fourth-order valence-electron chi connectivity index (χ4n) is 3.29. The van der Waals surface area contributed by atoms with Crippen molar-refractivity contribution in [2.24, 2.45) is 0 Å². The lowest BCUT2D eigenvalue weighted by Gasteiger charge is -2.13. The molecule has 1 N–H and O–H groups in total. The van der Waals surface area contributed by atoms with Crippen molar-refractivity contribution in [2.75, 3.05) is 19.0 Å². The largest absolute Gasteiger partial charge is 0.496 e. The molecule has 0 unspecified atom stereocenters. The van der Waals surface area contributed by atoms with Gasteiger partial charge in [0.15, 0.2) is 17.5 Å². The molecule has 10 nitrogen and oxygen atoms in total. The maximum Gasteiger partial charge on any atom is 0.294 e. The van der Waals surface area contributed by atoms with E-state index in [-0.39, 0.29) is 27.9 Å². The molecular weight excluding hydrogens is 519 g/mol. The summed E-state index contributed by atoms with van der Waals surface area (Å²) in [6, 6.07) is 8.35. The molecule has 3 amide bonds. The van der Waals surface area contributed by atoms with Gasteiger partial charge in [-0.25, -0.2) is 13.2 Å². The van der Waals surface area contributed by atoms with Gasteiger partial charge in [0.1, 0.15) is 23.8 Å². The molecule has 37 heavy (non-hydrogen) atoms. The van der Waals surface area contributed by atoms with Crippen LogP contribution in [0.15, 0.2) is 51.8 Å². The third-order valence-corrected chi connectivity index (χ3v) is 5.95. The van der Waals surface area contributed by atoms with E-state index in [1.807, 2.05) is 5.32 Å². The number of halogens is 3. The number of amides is 3. The summed E-state index contributed by atoms with van der Waals surface area (Å²) >= 11 is 0.526. The summed E-state index contributed by atoms with van der Waals surface area (Å²) in [6.07, 6.45) is 1.26. The Morgan fingerprint density at radius 2 is 1.92 bits per heavy atom. The third-order valence-electron chi connectivity index (χ3n) is 5.05. The van der Waals surface area contributed by atoms with E-state index in [1.54, 1.807) is 0 Å². The number of ether oxygens (including phenoxy) is 1. The average Bonchev–Trinajstić information content (AvgIpc) is 3.44. The Bertz CT molecular complexity index is 1490. The van der Waals surface area contributed by atoms with Gasteiger partial charge in [-0.15, -0.1) is 0 Å². The van der Waals surface area contributed by atoms with Gasteiger partial charge >= 0.3 is 0 Å². The number of rotatable bonds is 7. The molecule has 1 fully saturated rings. The van der Waals surface area contributed by atoms with Crippen LogP contribution in [0.25, 0.3) is 17.4 Å². The highest BCUT2D eigenvalue weighted by molar-refractivity contribution is 8.18. The summed E-state index contributed by atoms with van der Waals surface area (Å²) in [5, 5.41) is 12.2. The molecule has 14 heteroatoms. The van der Waals surface area contributed by atoms with Crippen molar-refractivity contribution in [1.82, 2.24) is 4.90 Å². The zero-order chi connectivity index (χ0) is 26.9. The van der Waals surface area contributed by atoms with E-state index in [0.717, 1.165) is 6.07 Å². The van der Waals surface area contributed by atoms with Gasteiger partial charge < -0.3 is 14.5 Å². The maximum absolute atomic E-state index is 13.8. The quantitative estimate of drug-likeness (QED) is 0.195. The van der Waals surface area contributed by atoms with Crippen molar-refractivity contribution < 1.29 is 41.6 Å². The summed E-state index contributed by atoms with van der Waals surface area (Å²) in [6.45, 7) is -0.802. The molecule has 0 spiro atoms. The number of carbonyl (C=O) groups excluding carboxylic acids is 3. The number of anilines is 1. The first-order chi connectivity index (χ1) is 17.6. The van der Waals surface area contributed by atoms with Crippen LogP contribution in [-0.4, -0.2) is 40.5 Å². The molecule has 0 saturated carbocycles. The van der Waals surface area contributed by atoms with Crippen LogP contribution in [-0.2, 0) is 9.59 Å². The number of nitrogens with zero attached hydrogens (tertiary/aromatic N) is 2. The Morgan fingerprint density at radius 1 is 1.16 bits per heavy atom. The normalized spacial score (nSPS) is 14.4. The Labute approximate surface area is 209 Å². The second kappa shape index (κ2) is 10.2. The first-order valence-electron chi connectivity index (χ1n) is 10.2. The topological polar surface area (TPSA) is 132 Å². The second-order valence-electron chi connectivity index (χ2n) is 7.38. The number of nitro groups is 1. The number of hydrogen-bond donors (Lipinski definition) is 1. The molecule has 4 rings (SSSR count). The first-order valence-corrected chi connectivity index (χ1v) is 11.0. The van der Waals surface area contributed by atoms with Crippen molar-refractivity contribution in [3.05, 3.63) is 80.7 Å². The lowest BCUT2D eigenvalue weighted by molar-refractivity contribution is -0.384. The molecule has 3 aromatic rings. The molecule has 0 bridgehead atoms.